The van der Waals surface area contributed by atoms with E-state index in [1.165, 1.54) is 19.5 Å². The van der Waals surface area contributed by atoms with E-state index in [9.17, 15) is 0 Å². The van der Waals surface area contributed by atoms with Crippen molar-refractivity contribution >= 4 is 0 Å². The Morgan fingerprint density at radius 3 is 2.40 bits per heavy atom. The molecule has 0 aromatic heterocycles. The van der Waals surface area contributed by atoms with Gasteiger partial charge < -0.3 is 10.6 Å². The molecule has 0 amide bonds. The van der Waals surface area contributed by atoms with Crippen molar-refractivity contribution in [3.05, 3.63) is 0 Å². The zero-order chi connectivity index (χ0) is 7.40. The van der Waals surface area contributed by atoms with Crippen molar-refractivity contribution in [2.24, 2.45) is 11.8 Å². The molecule has 2 nitrogen and oxygen atoms in total. The minimum atomic E-state index is 0.840. The van der Waals surface area contributed by atoms with Crippen molar-refractivity contribution in [1.29, 1.82) is 0 Å². The molecular weight excluding hydrogens is 124 g/mol. The summed E-state index contributed by atoms with van der Waals surface area (Å²) < 4.78 is 0. The largest absolute Gasteiger partial charge is 0.304 e. The summed E-state index contributed by atoms with van der Waals surface area (Å²) in [5.41, 5.74) is 0. The lowest BCUT2D eigenvalue weighted by Gasteiger charge is -2.24. The smallest absolute Gasteiger partial charge is 0.0454 e. The Balaban J connectivity index is 2.13. The second-order valence-corrected chi connectivity index (χ2v) is 3.58. The van der Waals surface area contributed by atoms with Crippen LogP contribution in [0.2, 0.25) is 0 Å². The van der Waals surface area contributed by atoms with Crippen molar-refractivity contribution in [1.82, 2.24) is 10.6 Å². The van der Waals surface area contributed by atoms with Gasteiger partial charge in [-0.15, -0.1) is 0 Å². The van der Waals surface area contributed by atoms with E-state index >= 15 is 0 Å². The third kappa shape index (κ3) is 2.67. The van der Waals surface area contributed by atoms with Crippen molar-refractivity contribution in [3.63, 3.8) is 0 Å². The molecule has 0 aliphatic carbocycles. The van der Waals surface area contributed by atoms with E-state index < -0.39 is 0 Å². The normalized spacial score (nSPS) is 21.9. The molecule has 60 valence electrons. The average Bonchev–Trinajstić information content (AvgIpc) is 1.88. The molecule has 0 saturated carbocycles. The fourth-order valence-electron chi connectivity index (χ4n) is 1.55. The molecule has 0 spiro atoms. The SMILES string of the molecule is CC(C)CC1CNCNC1. The summed E-state index contributed by atoms with van der Waals surface area (Å²) in [7, 11) is 0. The molecule has 10 heavy (non-hydrogen) atoms. The summed E-state index contributed by atoms with van der Waals surface area (Å²) in [5.74, 6) is 1.69. The van der Waals surface area contributed by atoms with Gasteiger partial charge in [0, 0.05) is 19.8 Å². The van der Waals surface area contributed by atoms with Gasteiger partial charge in [-0.25, -0.2) is 0 Å². The molecule has 2 heteroatoms. The van der Waals surface area contributed by atoms with Crippen molar-refractivity contribution in [3.8, 4) is 0 Å². The average molecular weight is 142 g/mol. The highest BCUT2D eigenvalue weighted by Gasteiger charge is 2.12. The van der Waals surface area contributed by atoms with E-state index in [1.54, 1.807) is 0 Å². The van der Waals surface area contributed by atoms with E-state index in [4.69, 9.17) is 0 Å². The summed E-state index contributed by atoms with van der Waals surface area (Å²) in [6.07, 6.45) is 1.35. The lowest BCUT2D eigenvalue weighted by Crippen LogP contribution is -2.44. The van der Waals surface area contributed by atoms with Crippen LogP contribution in [-0.2, 0) is 0 Å². The maximum absolute atomic E-state index is 3.33. The molecule has 0 bridgehead atoms. The minimum absolute atomic E-state index is 0.840. The van der Waals surface area contributed by atoms with Crippen LogP contribution >= 0.6 is 0 Å². The molecule has 1 fully saturated rings. The van der Waals surface area contributed by atoms with Gasteiger partial charge in [0.2, 0.25) is 0 Å². The molecule has 1 rings (SSSR count). The van der Waals surface area contributed by atoms with Gasteiger partial charge in [0.15, 0.2) is 0 Å². The quantitative estimate of drug-likeness (QED) is 0.596. The summed E-state index contributed by atoms with van der Waals surface area (Å²) in [6, 6.07) is 0. The Kier molecular flexibility index (Phi) is 3.16. The van der Waals surface area contributed by atoms with Crippen LogP contribution in [0.1, 0.15) is 20.3 Å². The Morgan fingerprint density at radius 2 is 1.90 bits per heavy atom. The first-order valence-electron chi connectivity index (χ1n) is 4.20. The fraction of sp³-hybridized carbons (Fsp3) is 1.00. The molecule has 0 radical (unpaired) electrons. The van der Waals surface area contributed by atoms with Crippen LogP contribution in [0.25, 0.3) is 0 Å². The molecule has 0 unspecified atom stereocenters. The second kappa shape index (κ2) is 3.94. The van der Waals surface area contributed by atoms with Gasteiger partial charge in [0.1, 0.15) is 0 Å². The Hall–Kier alpha value is -0.0800. The minimum Gasteiger partial charge on any atom is -0.304 e. The number of hydrogen-bond donors (Lipinski definition) is 2. The van der Waals surface area contributed by atoms with Gasteiger partial charge in [-0.1, -0.05) is 13.8 Å². The lowest BCUT2D eigenvalue weighted by molar-refractivity contribution is 0.322. The topological polar surface area (TPSA) is 24.1 Å². The first-order valence-corrected chi connectivity index (χ1v) is 4.20. The van der Waals surface area contributed by atoms with Crippen LogP contribution in [0.3, 0.4) is 0 Å². The van der Waals surface area contributed by atoms with E-state index in [2.05, 4.69) is 24.5 Å². The standard InChI is InChI=1S/C8H18N2/c1-7(2)3-8-4-9-6-10-5-8/h7-10H,3-6H2,1-2H3. The lowest BCUT2D eigenvalue weighted by atomic mass is 9.96. The fourth-order valence-corrected chi connectivity index (χ4v) is 1.55. The third-order valence-corrected chi connectivity index (χ3v) is 1.92. The molecule has 1 aliphatic heterocycles. The van der Waals surface area contributed by atoms with Crippen LogP contribution in [-0.4, -0.2) is 19.8 Å². The first kappa shape index (κ1) is 8.02. The van der Waals surface area contributed by atoms with E-state index in [-0.39, 0.29) is 0 Å². The van der Waals surface area contributed by atoms with E-state index in [0.29, 0.717) is 0 Å². The number of nitrogens with one attached hydrogen (secondary N) is 2. The predicted molar refractivity (Wildman–Crippen MR) is 43.8 cm³/mol. The molecule has 0 atom stereocenters. The molecular formula is C8H18N2. The maximum Gasteiger partial charge on any atom is 0.0454 e. The van der Waals surface area contributed by atoms with Crippen LogP contribution in [0.5, 0.6) is 0 Å². The van der Waals surface area contributed by atoms with Crippen molar-refractivity contribution in [2.75, 3.05) is 19.8 Å². The van der Waals surface area contributed by atoms with Crippen LogP contribution < -0.4 is 10.6 Å². The number of hydrogen-bond acceptors (Lipinski definition) is 2. The molecule has 0 aromatic rings. The molecule has 1 saturated heterocycles. The van der Waals surface area contributed by atoms with Crippen LogP contribution in [0.4, 0.5) is 0 Å². The highest BCUT2D eigenvalue weighted by Crippen LogP contribution is 2.10. The highest BCUT2D eigenvalue weighted by atomic mass is 15.1. The second-order valence-electron chi connectivity index (χ2n) is 3.58. The van der Waals surface area contributed by atoms with Crippen LogP contribution in [0, 0.1) is 11.8 Å². The molecule has 1 heterocycles. The zero-order valence-electron chi connectivity index (χ0n) is 6.98. The Bertz CT molecular complexity index is 85.3. The third-order valence-electron chi connectivity index (χ3n) is 1.92. The van der Waals surface area contributed by atoms with Gasteiger partial charge in [0.25, 0.3) is 0 Å². The van der Waals surface area contributed by atoms with Gasteiger partial charge in [0.05, 0.1) is 0 Å². The maximum atomic E-state index is 3.33. The number of rotatable bonds is 2. The summed E-state index contributed by atoms with van der Waals surface area (Å²) >= 11 is 0. The van der Waals surface area contributed by atoms with Gasteiger partial charge >= 0.3 is 0 Å². The molecule has 1 aliphatic rings. The highest BCUT2D eigenvalue weighted by molar-refractivity contribution is 4.70. The van der Waals surface area contributed by atoms with Crippen molar-refractivity contribution in [2.45, 2.75) is 20.3 Å². The molecule has 2 N–H and O–H groups in total. The van der Waals surface area contributed by atoms with Gasteiger partial charge in [-0.2, -0.15) is 0 Å². The van der Waals surface area contributed by atoms with Gasteiger partial charge in [-0.3, -0.25) is 0 Å². The van der Waals surface area contributed by atoms with E-state index in [0.717, 1.165) is 18.5 Å². The summed E-state index contributed by atoms with van der Waals surface area (Å²) in [6.45, 7) is 7.97. The Morgan fingerprint density at radius 1 is 1.30 bits per heavy atom. The first-order chi connectivity index (χ1) is 4.79. The molecule has 0 aromatic carbocycles. The predicted octanol–water partition coefficient (Wildman–Crippen LogP) is 0.799. The summed E-state index contributed by atoms with van der Waals surface area (Å²) in [5, 5.41) is 6.66. The monoisotopic (exact) mass is 142 g/mol. The summed E-state index contributed by atoms with van der Waals surface area (Å²) in [4.78, 5) is 0. The van der Waals surface area contributed by atoms with E-state index in [1.807, 2.05) is 0 Å². The van der Waals surface area contributed by atoms with Crippen LogP contribution in [0.15, 0.2) is 0 Å². The van der Waals surface area contributed by atoms with Gasteiger partial charge in [-0.05, 0) is 18.3 Å². The van der Waals surface area contributed by atoms with Crippen molar-refractivity contribution < 1.29 is 0 Å². The zero-order valence-corrected chi connectivity index (χ0v) is 6.98. The Labute approximate surface area is 63.4 Å².